The van der Waals surface area contributed by atoms with Crippen molar-refractivity contribution < 1.29 is 22.8 Å². The number of amides is 1. The highest BCUT2D eigenvalue weighted by molar-refractivity contribution is 9.10. The van der Waals surface area contributed by atoms with Crippen LogP contribution in [0.25, 0.3) is 0 Å². The van der Waals surface area contributed by atoms with E-state index < -0.39 is 18.7 Å². The molecule has 1 heterocycles. The van der Waals surface area contributed by atoms with Crippen molar-refractivity contribution in [2.24, 2.45) is 0 Å². The summed E-state index contributed by atoms with van der Waals surface area (Å²) < 4.78 is 37.6. The first kappa shape index (κ1) is 14.0. The fourth-order valence-electron chi connectivity index (χ4n) is 1.16. The van der Waals surface area contributed by atoms with Crippen molar-refractivity contribution in [1.82, 2.24) is 10.0 Å². The van der Waals surface area contributed by atoms with Crippen LogP contribution in [0.4, 0.5) is 13.2 Å². The maximum atomic E-state index is 11.8. The Hall–Kier alpha value is -1.02. The summed E-state index contributed by atoms with van der Waals surface area (Å²) in [5.41, 5.74) is 1.97. The SMILES string of the molecule is CCn1cc(Br)cc1C(=O)NOCC(F)(F)F. The van der Waals surface area contributed by atoms with Crippen LogP contribution in [0.3, 0.4) is 0 Å². The monoisotopic (exact) mass is 314 g/mol. The van der Waals surface area contributed by atoms with Gasteiger partial charge in [0.05, 0.1) is 0 Å². The zero-order valence-corrected chi connectivity index (χ0v) is 10.4. The van der Waals surface area contributed by atoms with E-state index in [0.717, 1.165) is 0 Å². The maximum Gasteiger partial charge on any atom is 0.414 e. The number of alkyl halides is 3. The summed E-state index contributed by atoms with van der Waals surface area (Å²) in [7, 11) is 0. The molecule has 0 fully saturated rings. The minimum absolute atomic E-state index is 0.224. The van der Waals surface area contributed by atoms with E-state index in [1.165, 1.54) is 6.07 Å². The van der Waals surface area contributed by atoms with Crippen LogP contribution in [0.2, 0.25) is 0 Å². The fraction of sp³-hybridized carbons (Fsp3) is 0.444. The standard InChI is InChI=1S/C9H10BrF3N2O2/c1-2-15-4-6(10)3-7(15)8(16)14-17-5-9(11,12)13/h3-4H,2,5H2,1H3,(H,14,16). The summed E-state index contributed by atoms with van der Waals surface area (Å²) in [5, 5.41) is 0. The van der Waals surface area contributed by atoms with E-state index in [9.17, 15) is 18.0 Å². The number of carbonyl (C=O) groups is 1. The predicted molar refractivity (Wildman–Crippen MR) is 57.3 cm³/mol. The van der Waals surface area contributed by atoms with Crippen molar-refractivity contribution >= 4 is 21.8 Å². The van der Waals surface area contributed by atoms with E-state index in [4.69, 9.17) is 0 Å². The lowest BCUT2D eigenvalue weighted by Gasteiger charge is -2.09. The van der Waals surface area contributed by atoms with E-state index in [1.54, 1.807) is 23.2 Å². The molecule has 0 aliphatic carbocycles. The molecule has 17 heavy (non-hydrogen) atoms. The van der Waals surface area contributed by atoms with Gasteiger partial charge in [0.15, 0.2) is 6.61 Å². The van der Waals surface area contributed by atoms with E-state index in [0.29, 0.717) is 11.0 Å². The summed E-state index contributed by atoms with van der Waals surface area (Å²) >= 11 is 3.17. The van der Waals surface area contributed by atoms with E-state index in [2.05, 4.69) is 20.8 Å². The largest absolute Gasteiger partial charge is 0.414 e. The van der Waals surface area contributed by atoms with Gasteiger partial charge in [-0.05, 0) is 28.9 Å². The highest BCUT2D eigenvalue weighted by atomic mass is 79.9. The molecular weight excluding hydrogens is 305 g/mol. The van der Waals surface area contributed by atoms with Gasteiger partial charge in [0.1, 0.15) is 5.69 Å². The molecule has 0 unspecified atom stereocenters. The zero-order chi connectivity index (χ0) is 13.1. The number of hydrogen-bond donors (Lipinski definition) is 1. The molecule has 0 aliphatic heterocycles. The molecule has 1 aromatic rings. The second kappa shape index (κ2) is 5.54. The Labute approximate surface area is 104 Å². The Morgan fingerprint density at radius 2 is 2.24 bits per heavy atom. The van der Waals surface area contributed by atoms with Crippen molar-refractivity contribution in [3.63, 3.8) is 0 Å². The molecule has 8 heteroatoms. The summed E-state index contributed by atoms with van der Waals surface area (Å²) in [5.74, 6) is -0.721. The number of halogens is 4. The van der Waals surface area contributed by atoms with Gasteiger partial charge in [-0.2, -0.15) is 13.2 Å². The Bertz CT molecular complexity index is 403. The third-order valence-electron chi connectivity index (χ3n) is 1.84. The minimum Gasteiger partial charge on any atom is -0.343 e. The smallest absolute Gasteiger partial charge is 0.343 e. The van der Waals surface area contributed by atoms with E-state index in [1.807, 2.05) is 0 Å². The highest BCUT2D eigenvalue weighted by Gasteiger charge is 2.28. The minimum atomic E-state index is -4.47. The number of hydroxylamine groups is 1. The predicted octanol–water partition coefficient (Wildman–Crippen LogP) is 2.49. The molecule has 0 saturated heterocycles. The van der Waals surface area contributed by atoms with Gasteiger partial charge in [-0.15, -0.1) is 0 Å². The number of aromatic nitrogens is 1. The second-order valence-corrected chi connectivity index (χ2v) is 4.08. The normalized spacial score (nSPS) is 11.6. The molecule has 0 atom stereocenters. The summed E-state index contributed by atoms with van der Waals surface area (Å²) in [6.07, 6.45) is -2.82. The maximum absolute atomic E-state index is 11.8. The molecular formula is C9H10BrF3N2O2. The molecule has 0 saturated carbocycles. The molecule has 1 amide bonds. The van der Waals surface area contributed by atoms with Crippen molar-refractivity contribution in [3.05, 3.63) is 22.4 Å². The van der Waals surface area contributed by atoms with Crippen LogP contribution in [0.15, 0.2) is 16.7 Å². The van der Waals surface area contributed by atoms with Crippen LogP contribution < -0.4 is 5.48 Å². The van der Waals surface area contributed by atoms with Crippen molar-refractivity contribution in [2.45, 2.75) is 19.6 Å². The van der Waals surface area contributed by atoms with Crippen LogP contribution in [-0.2, 0) is 11.4 Å². The molecule has 4 nitrogen and oxygen atoms in total. The Balaban J connectivity index is 2.58. The van der Waals surface area contributed by atoms with Gasteiger partial charge < -0.3 is 4.57 Å². The average molecular weight is 315 g/mol. The van der Waals surface area contributed by atoms with Crippen molar-refractivity contribution in [1.29, 1.82) is 0 Å². The number of nitrogens with zero attached hydrogens (tertiary/aromatic N) is 1. The third-order valence-corrected chi connectivity index (χ3v) is 2.27. The molecule has 0 radical (unpaired) electrons. The number of rotatable bonds is 4. The van der Waals surface area contributed by atoms with Gasteiger partial charge in [0, 0.05) is 17.2 Å². The lowest BCUT2D eigenvalue weighted by Crippen LogP contribution is -2.30. The van der Waals surface area contributed by atoms with Gasteiger partial charge in [0.25, 0.3) is 5.91 Å². The van der Waals surface area contributed by atoms with Gasteiger partial charge in [-0.25, -0.2) is 5.48 Å². The molecule has 1 rings (SSSR count). The number of aryl methyl sites for hydroxylation is 1. The third kappa shape index (κ3) is 4.39. The summed E-state index contributed by atoms with van der Waals surface area (Å²) in [6.45, 7) is 0.806. The topological polar surface area (TPSA) is 43.3 Å². The molecule has 1 aromatic heterocycles. The lowest BCUT2D eigenvalue weighted by molar-refractivity contribution is -0.184. The quantitative estimate of drug-likeness (QED) is 0.868. The first-order valence-electron chi connectivity index (χ1n) is 4.68. The van der Waals surface area contributed by atoms with Crippen LogP contribution in [-0.4, -0.2) is 23.3 Å². The lowest BCUT2D eigenvalue weighted by atomic mass is 10.4. The van der Waals surface area contributed by atoms with Crippen LogP contribution in [0.1, 0.15) is 17.4 Å². The Kier molecular flexibility index (Phi) is 4.58. The van der Waals surface area contributed by atoms with Crippen LogP contribution in [0.5, 0.6) is 0 Å². The molecule has 0 aromatic carbocycles. The van der Waals surface area contributed by atoms with Crippen LogP contribution in [0, 0.1) is 0 Å². The van der Waals surface area contributed by atoms with Gasteiger partial charge in [-0.3, -0.25) is 9.63 Å². The first-order chi connectivity index (χ1) is 7.83. The highest BCUT2D eigenvalue weighted by Crippen LogP contribution is 2.16. The number of hydrogen-bond acceptors (Lipinski definition) is 2. The average Bonchev–Trinajstić information content (AvgIpc) is 2.57. The fourth-order valence-corrected chi connectivity index (χ4v) is 1.63. The van der Waals surface area contributed by atoms with Crippen LogP contribution >= 0.6 is 15.9 Å². The van der Waals surface area contributed by atoms with Crippen molar-refractivity contribution in [2.75, 3.05) is 6.61 Å². The molecule has 96 valence electrons. The molecule has 0 spiro atoms. The second-order valence-electron chi connectivity index (χ2n) is 3.16. The number of nitrogens with one attached hydrogen (secondary N) is 1. The first-order valence-corrected chi connectivity index (χ1v) is 5.47. The molecule has 1 N–H and O–H groups in total. The Morgan fingerprint density at radius 1 is 1.59 bits per heavy atom. The van der Waals surface area contributed by atoms with E-state index in [-0.39, 0.29) is 5.69 Å². The summed E-state index contributed by atoms with van der Waals surface area (Å²) in [6, 6.07) is 1.50. The number of carbonyl (C=O) groups excluding carboxylic acids is 1. The summed E-state index contributed by atoms with van der Waals surface area (Å²) in [4.78, 5) is 15.5. The van der Waals surface area contributed by atoms with Gasteiger partial charge in [0.2, 0.25) is 0 Å². The van der Waals surface area contributed by atoms with Gasteiger partial charge in [-0.1, -0.05) is 0 Å². The molecule has 0 aliphatic rings. The Morgan fingerprint density at radius 3 is 2.76 bits per heavy atom. The van der Waals surface area contributed by atoms with Crippen molar-refractivity contribution in [3.8, 4) is 0 Å². The van der Waals surface area contributed by atoms with E-state index >= 15 is 0 Å². The van der Waals surface area contributed by atoms with Gasteiger partial charge >= 0.3 is 6.18 Å². The molecule has 0 bridgehead atoms. The zero-order valence-electron chi connectivity index (χ0n) is 8.84.